The smallest absolute Gasteiger partial charge is 0.160 e. The van der Waals surface area contributed by atoms with Crippen molar-refractivity contribution in [1.29, 1.82) is 0 Å². The van der Waals surface area contributed by atoms with Gasteiger partial charge in [0, 0.05) is 18.3 Å². The highest BCUT2D eigenvalue weighted by molar-refractivity contribution is 5.44. The average Bonchev–Trinajstić information content (AvgIpc) is 2.50. The van der Waals surface area contributed by atoms with Gasteiger partial charge in [-0.2, -0.15) is 0 Å². The van der Waals surface area contributed by atoms with E-state index in [1.54, 1.807) is 0 Å². The lowest BCUT2D eigenvalue weighted by Crippen LogP contribution is -2.01. The van der Waals surface area contributed by atoms with Crippen LogP contribution in [0.4, 0.5) is 14.5 Å². The van der Waals surface area contributed by atoms with Crippen LogP contribution >= 0.6 is 0 Å². The molecule has 0 spiro atoms. The lowest BCUT2D eigenvalue weighted by molar-refractivity contribution is 0.309. The van der Waals surface area contributed by atoms with Gasteiger partial charge in [0.1, 0.15) is 5.75 Å². The van der Waals surface area contributed by atoms with Gasteiger partial charge in [-0.25, -0.2) is 8.78 Å². The fourth-order valence-electron chi connectivity index (χ4n) is 1.85. The van der Waals surface area contributed by atoms with Crippen molar-refractivity contribution in [2.24, 2.45) is 0 Å². The molecule has 1 N–H and O–H groups in total. The summed E-state index contributed by atoms with van der Waals surface area (Å²) in [5, 5.41) is 3.05. The maximum Gasteiger partial charge on any atom is 0.160 e. The molecule has 2 aromatic rings. The monoisotopic (exact) mass is 291 g/mol. The van der Waals surface area contributed by atoms with E-state index in [2.05, 4.69) is 12.2 Å². The van der Waals surface area contributed by atoms with Crippen LogP contribution in [-0.2, 0) is 6.54 Å². The number of anilines is 1. The van der Waals surface area contributed by atoms with Gasteiger partial charge in [0.15, 0.2) is 11.6 Å². The average molecular weight is 291 g/mol. The first kappa shape index (κ1) is 15.3. The number of benzene rings is 2. The van der Waals surface area contributed by atoms with Crippen LogP contribution in [0.2, 0.25) is 0 Å². The van der Waals surface area contributed by atoms with Crippen LogP contribution in [-0.4, -0.2) is 6.61 Å². The Kier molecular flexibility index (Phi) is 5.55. The molecular formula is C17H19F2NO. The SMILES string of the molecule is CCCCOc1ccc(CNc2ccc(F)c(F)c2)cc1. The summed E-state index contributed by atoms with van der Waals surface area (Å²) >= 11 is 0. The number of unbranched alkanes of at least 4 members (excludes halogenated alkanes) is 1. The summed E-state index contributed by atoms with van der Waals surface area (Å²) in [6.07, 6.45) is 2.15. The predicted molar refractivity (Wildman–Crippen MR) is 80.5 cm³/mol. The largest absolute Gasteiger partial charge is 0.494 e. The van der Waals surface area contributed by atoms with Crippen molar-refractivity contribution in [2.75, 3.05) is 11.9 Å². The number of rotatable bonds is 7. The third kappa shape index (κ3) is 4.74. The van der Waals surface area contributed by atoms with Crippen molar-refractivity contribution < 1.29 is 13.5 Å². The molecule has 0 fully saturated rings. The van der Waals surface area contributed by atoms with Crippen molar-refractivity contribution >= 4 is 5.69 Å². The first-order chi connectivity index (χ1) is 10.2. The molecule has 0 unspecified atom stereocenters. The second-order valence-electron chi connectivity index (χ2n) is 4.83. The lowest BCUT2D eigenvalue weighted by Gasteiger charge is -2.09. The molecule has 0 atom stereocenters. The Morgan fingerprint density at radius 3 is 2.43 bits per heavy atom. The standard InChI is InChI=1S/C17H19F2NO/c1-2-3-10-21-15-7-4-13(5-8-15)12-20-14-6-9-16(18)17(19)11-14/h4-9,11,20H,2-3,10,12H2,1H3. The highest BCUT2D eigenvalue weighted by Gasteiger charge is 2.02. The normalized spacial score (nSPS) is 10.4. The molecule has 0 aliphatic rings. The van der Waals surface area contributed by atoms with E-state index in [1.165, 1.54) is 6.07 Å². The number of hydrogen-bond donors (Lipinski definition) is 1. The Balaban J connectivity index is 1.86. The molecule has 4 heteroatoms. The van der Waals surface area contributed by atoms with Gasteiger partial charge in [-0.1, -0.05) is 25.5 Å². The zero-order chi connectivity index (χ0) is 15.1. The van der Waals surface area contributed by atoms with Gasteiger partial charge in [0.2, 0.25) is 0 Å². The summed E-state index contributed by atoms with van der Waals surface area (Å²) in [5.74, 6) is -0.839. The van der Waals surface area contributed by atoms with Crippen LogP contribution in [0.3, 0.4) is 0 Å². The topological polar surface area (TPSA) is 21.3 Å². The Hall–Kier alpha value is -2.10. The number of hydrogen-bond acceptors (Lipinski definition) is 2. The molecule has 112 valence electrons. The van der Waals surface area contributed by atoms with Crippen molar-refractivity contribution in [2.45, 2.75) is 26.3 Å². The molecule has 0 saturated heterocycles. The maximum atomic E-state index is 13.1. The highest BCUT2D eigenvalue weighted by Crippen LogP contribution is 2.16. The van der Waals surface area contributed by atoms with Crippen molar-refractivity contribution in [3.63, 3.8) is 0 Å². The molecule has 0 bridgehead atoms. The van der Waals surface area contributed by atoms with E-state index in [-0.39, 0.29) is 0 Å². The fraction of sp³-hybridized carbons (Fsp3) is 0.294. The molecule has 0 aliphatic heterocycles. The third-order valence-electron chi connectivity index (χ3n) is 3.11. The highest BCUT2D eigenvalue weighted by atomic mass is 19.2. The molecular weight excluding hydrogens is 272 g/mol. The van der Waals surface area contributed by atoms with Gasteiger partial charge in [0.05, 0.1) is 6.61 Å². The molecule has 0 aliphatic carbocycles. The van der Waals surface area contributed by atoms with Gasteiger partial charge < -0.3 is 10.1 Å². The van der Waals surface area contributed by atoms with E-state index in [1.807, 2.05) is 24.3 Å². The second kappa shape index (κ2) is 7.62. The van der Waals surface area contributed by atoms with Gasteiger partial charge in [0.25, 0.3) is 0 Å². The number of halogens is 2. The zero-order valence-corrected chi connectivity index (χ0v) is 12.0. The van der Waals surface area contributed by atoms with Gasteiger partial charge in [-0.05, 0) is 36.2 Å². The minimum Gasteiger partial charge on any atom is -0.494 e. The summed E-state index contributed by atoms with van der Waals surface area (Å²) < 4.78 is 31.5. The first-order valence-corrected chi connectivity index (χ1v) is 7.09. The van der Waals surface area contributed by atoms with Crippen LogP contribution in [0.25, 0.3) is 0 Å². The molecule has 2 aromatic carbocycles. The molecule has 0 heterocycles. The number of nitrogens with one attached hydrogen (secondary N) is 1. The Labute approximate surface area is 123 Å². The van der Waals surface area contributed by atoms with Crippen molar-refractivity contribution in [3.8, 4) is 5.75 Å². The fourth-order valence-corrected chi connectivity index (χ4v) is 1.85. The summed E-state index contributed by atoms with van der Waals surface area (Å²) in [7, 11) is 0. The second-order valence-corrected chi connectivity index (χ2v) is 4.83. The third-order valence-corrected chi connectivity index (χ3v) is 3.11. The van der Waals surface area contributed by atoms with Crippen LogP contribution in [0, 0.1) is 11.6 Å². The summed E-state index contributed by atoms with van der Waals surface area (Å²) in [5.41, 5.74) is 1.60. The van der Waals surface area contributed by atoms with E-state index in [9.17, 15) is 8.78 Å². The van der Waals surface area contributed by atoms with E-state index < -0.39 is 11.6 Å². The van der Waals surface area contributed by atoms with E-state index in [0.29, 0.717) is 12.2 Å². The van der Waals surface area contributed by atoms with Gasteiger partial charge in [-0.15, -0.1) is 0 Å². The summed E-state index contributed by atoms with van der Waals surface area (Å²) in [6, 6.07) is 11.5. The van der Waals surface area contributed by atoms with Crippen LogP contribution in [0.5, 0.6) is 5.75 Å². The molecule has 0 saturated carbocycles. The Morgan fingerprint density at radius 2 is 1.76 bits per heavy atom. The van der Waals surface area contributed by atoms with E-state index in [0.717, 1.165) is 42.9 Å². The minimum atomic E-state index is -0.848. The first-order valence-electron chi connectivity index (χ1n) is 7.09. The van der Waals surface area contributed by atoms with Crippen LogP contribution in [0.15, 0.2) is 42.5 Å². The van der Waals surface area contributed by atoms with Crippen molar-refractivity contribution in [3.05, 3.63) is 59.7 Å². The quantitative estimate of drug-likeness (QED) is 0.743. The van der Waals surface area contributed by atoms with E-state index >= 15 is 0 Å². The molecule has 0 aromatic heterocycles. The molecule has 0 amide bonds. The molecule has 2 rings (SSSR count). The molecule has 2 nitrogen and oxygen atoms in total. The summed E-state index contributed by atoms with van der Waals surface area (Å²) in [6.45, 7) is 3.39. The van der Waals surface area contributed by atoms with Gasteiger partial charge in [-0.3, -0.25) is 0 Å². The van der Waals surface area contributed by atoms with Crippen LogP contribution < -0.4 is 10.1 Å². The molecule has 21 heavy (non-hydrogen) atoms. The van der Waals surface area contributed by atoms with Crippen molar-refractivity contribution in [1.82, 2.24) is 0 Å². The zero-order valence-electron chi connectivity index (χ0n) is 12.0. The number of ether oxygens (including phenoxy) is 1. The van der Waals surface area contributed by atoms with Crippen LogP contribution in [0.1, 0.15) is 25.3 Å². The molecule has 0 radical (unpaired) electrons. The maximum absolute atomic E-state index is 13.1. The Morgan fingerprint density at radius 1 is 1.00 bits per heavy atom. The van der Waals surface area contributed by atoms with Gasteiger partial charge >= 0.3 is 0 Å². The van der Waals surface area contributed by atoms with E-state index in [4.69, 9.17) is 4.74 Å². The Bertz CT molecular complexity index is 570. The predicted octanol–water partition coefficient (Wildman–Crippen LogP) is 4.76. The minimum absolute atomic E-state index is 0.542. The lowest BCUT2D eigenvalue weighted by atomic mass is 10.2. The summed E-state index contributed by atoms with van der Waals surface area (Å²) in [4.78, 5) is 0.